The van der Waals surface area contributed by atoms with Crippen molar-refractivity contribution in [2.45, 2.75) is 12.8 Å². The Labute approximate surface area is 93.5 Å². The lowest BCUT2D eigenvalue weighted by Crippen LogP contribution is -2.45. The zero-order valence-corrected chi connectivity index (χ0v) is 9.12. The number of ether oxygens (including phenoxy) is 2. The zero-order chi connectivity index (χ0) is 12.0. The fraction of sp³-hybridized carbons (Fsp3) is 0.700. The number of nitrogens with one attached hydrogen (secondary N) is 1. The normalized spacial score (nSPS) is 18.2. The molecular formula is C10H14N2O4. The SMILES string of the molecule is COC(=O)CNC(=O)C1(C#N)CCOCC1. The van der Waals surface area contributed by atoms with Crippen molar-refractivity contribution in [3.8, 4) is 6.07 Å². The molecule has 1 saturated heterocycles. The Morgan fingerprint density at radius 3 is 2.62 bits per heavy atom. The maximum Gasteiger partial charge on any atom is 0.325 e. The number of methoxy groups -OCH3 is 1. The van der Waals surface area contributed by atoms with Gasteiger partial charge in [-0.25, -0.2) is 0 Å². The van der Waals surface area contributed by atoms with Crippen molar-refractivity contribution >= 4 is 11.9 Å². The minimum atomic E-state index is -1.06. The first kappa shape index (κ1) is 12.5. The number of carbonyl (C=O) groups excluding carboxylic acids is 2. The quantitative estimate of drug-likeness (QED) is 0.661. The van der Waals surface area contributed by atoms with Gasteiger partial charge in [0.1, 0.15) is 12.0 Å². The van der Waals surface area contributed by atoms with E-state index in [4.69, 9.17) is 10.00 Å². The van der Waals surface area contributed by atoms with Gasteiger partial charge in [0.25, 0.3) is 0 Å². The Balaban J connectivity index is 2.56. The fourth-order valence-electron chi connectivity index (χ4n) is 1.50. The van der Waals surface area contributed by atoms with Crippen LogP contribution in [-0.2, 0) is 19.1 Å². The molecule has 0 radical (unpaired) electrons. The van der Waals surface area contributed by atoms with Gasteiger partial charge in [-0.05, 0) is 12.8 Å². The molecule has 0 aromatic rings. The van der Waals surface area contributed by atoms with E-state index in [1.54, 1.807) is 0 Å². The molecule has 0 aliphatic carbocycles. The number of hydrogen-bond donors (Lipinski definition) is 1. The molecule has 1 amide bonds. The van der Waals surface area contributed by atoms with Gasteiger partial charge in [0.15, 0.2) is 0 Å². The smallest absolute Gasteiger partial charge is 0.325 e. The van der Waals surface area contributed by atoms with Gasteiger partial charge in [-0.2, -0.15) is 5.26 Å². The molecule has 1 heterocycles. The number of nitriles is 1. The van der Waals surface area contributed by atoms with Crippen molar-refractivity contribution in [2.75, 3.05) is 26.9 Å². The van der Waals surface area contributed by atoms with E-state index >= 15 is 0 Å². The third-order valence-electron chi connectivity index (χ3n) is 2.62. The lowest BCUT2D eigenvalue weighted by atomic mass is 9.81. The summed E-state index contributed by atoms with van der Waals surface area (Å²) in [6, 6.07) is 2.01. The van der Waals surface area contributed by atoms with Gasteiger partial charge in [-0.15, -0.1) is 0 Å². The van der Waals surface area contributed by atoms with E-state index in [0.717, 1.165) is 0 Å². The first-order chi connectivity index (χ1) is 7.64. The van der Waals surface area contributed by atoms with E-state index in [2.05, 4.69) is 10.1 Å². The summed E-state index contributed by atoms with van der Waals surface area (Å²) in [4.78, 5) is 22.6. The number of nitrogens with zero attached hydrogens (tertiary/aromatic N) is 1. The zero-order valence-electron chi connectivity index (χ0n) is 9.12. The largest absolute Gasteiger partial charge is 0.468 e. The first-order valence-corrected chi connectivity index (χ1v) is 4.99. The molecule has 1 aliphatic heterocycles. The Morgan fingerprint density at radius 1 is 1.50 bits per heavy atom. The standard InChI is InChI=1S/C10H14N2O4/c1-15-8(13)6-12-9(14)10(7-11)2-4-16-5-3-10/h2-6H2,1H3,(H,12,14). The molecule has 1 rings (SSSR count). The highest BCUT2D eigenvalue weighted by molar-refractivity contribution is 5.88. The molecule has 0 unspecified atom stereocenters. The summed E-state index contributed by atoms with van der Waals surface area (Å²) in [5.74, 6) is -0.961. The summed E-state index contributed by atoms with van der Waals surface area (Å²) in [7, 11) is 1.24. The third kappa shape index (κ3) is 2.70. The number of amides is 1. The van der Waals surface area contributed by atoms with Crippen molar-refractivity contribution in [2.24, 2.45) is 5.41 Å². The molecular weight excluding hydrogens is 212 g/mol. The molecule has 0 saturated carbocycles. The van der Waals surface area contributed by atoms with Crippen LogP contribution >= 0.6 is 0 Å². The monoisotopic (exact) mass is 226 g/mol. The maximum atomic E-state index is 11.8. The summed E-state index contributed by atoms with van der Waals surface area (Å²) in [5, 5.41) is 11.5. The highest BCUT2D eigenvalue weighted by Gasteiger charge is 2.40. The van der Waals surface area contributed by atoms with E-state index < -0.39 is 17.3 Å². The van der Waals surface area contributed by atoms with Crippen molar-refractivity contribution < 1.29 is 19.1 Å². The fourth-order valence-corrected chi connectivity index (χ4v) is 1.50. The van der Waals surface area contributed by atoms with E-state index in [0.29, 0.717) is 26.1 Å². The second-order valence-corrected chi connectivity index (χ2v) is 3.57. The number of carbonyl (C=O) groups is 2. The molecule has 1 N–H and O–H groups in total. The first-order valence-electron chi connectivity index (χ1n) is 4.99. The van der Waals surface area contributed by atoms with Gasteiger partial charge >= 0.3 is 5.97 Å². The molecule has 0 atom stereocenters. The average molecular weight is 226 g/mol. The van der Waals surface area contributed by atoms with Gasteiger partial charge in [-0.3, -0.25) is 9.59 Å². The van der Waals surface area contributed by atoms with Crippen LogP contribution in [0, 0.1) is 16.7 Å². The Kier molecular flexibility index (Phi) is 4.26. The Hall–Kier alpha value is -1.61. The van der Waals surface area contributed by atoms with Crippen molar-refractivity contribution in [3.05, 3.63) is 0 Å². The predicted octanol–water partition coefficient (Wildman–Crippen LogP) is -0.404. The van der Waals surface area contributed by atoms with Crippen LogP contribution in [0.2, 0.25) is 0 Å². The second kappa shape index (κ2) is 5.47. The Bertz CT molecular complexity index is 315. The van der Waals surface area contributed by atoms with Crippen LogP contribution in [0.1, 0.15) is 12.8 Å². The average Bonchev–Trinajstić information content (AvgIpc) is 2.36. The lowest BCUT2D eigenvalue weighted by molar-refractivity contribution is -0.143. The van der Waals surface area contributed by atoms with Crippen molar-refractivity contribution in [1.82, 2.24) is 5.32 Å². The van der Waals surface area contributed by atoms with Gasteiger partial charge < -0.3 is 14.8 Å². The van der Waals surface area contributed by atoms with Crippen LogP contribution in [0.4, 0.5) is 0 Å². The van der Waals surface area contributed by atoms with E-state index in [-0.39, 0.29) is 6.54 Å². The van der Waals surface area contributed by atoms with Crippen LogP contribution in [0.15, 0.2) is 0 Å². The van der Waals surface area contributed by atoms with Gasteiger partial charge in [0, 0.05) is 13.2 Å². The number of esters is 1. The topological polar surface area (TPSA) is 88.4 Å². The summed E-state index contributed by atoms with van der Waals surface area (Å²) in [6.07, 6.45) is 0.715. The maximum absolute atomic E-state index is 11.8. The molecule has 16 heavy (non-hydrogen) atoms. The van der Waals surface area contributed by atoms with Crippen LogP contribution < -0.4 is 5.32 Å². The predicted molar refractivity (Wildman–Crippen MR) is 53.1 cm³/mol. The molecule has 6 heteroatoms. The minimum Gasteiger partial charge on any atom is -0.468 e. The van der Waals surface area contributed by atoms with Crippen molar-refractivity contribution in [1.29, 1.82) is 5.26 Å². The minimum absolute atomic E-state index is 0.209. The van der Waals surface area contributed by atoms with Gasteiger partial charge in [0.05, 0.1) is 13.2 Å². The van der Waals surface area contributed by atoms with Crippen molar-refractivity contribution in [3.63, 3.8) is 0 Å². The highest BCUT2D eigenvalue weighted by Crippen LogP contribution is 2.29. The summed E-state index contributed by atoms with van der Waals surface area (Å²) < 4.78 is 9.49. The molecule has 0 spiro atoms. The summed E-state index contributed by atoms with van der Waals surface area (Å²) >= 11 is 0. The van der Waals surface area contributed by atoms with E-state index in [9.17, 15) is 9.59 Å². The lowest BCUT2D eigenvalue weighted by Gasteiger charge is -2.28. The second-order valence-electron chi connectivity index (χ2n) is 3.57. The summed E-state index contributed by atoms with van der Waals surface area (Å²) in [5.41, 5.74) is -1.06. The van der Waals surface area contributed by atoms with E-state index in [1.165, 1.54) is 7.11 Å². The molecule has 1 fully saturated rings. The van der Waals surface area contributed by atoms with Crippen LogP contribution in [-0.4, -0.2) is 38.7 Å². The van der Waals surface area contributed by atoms with Crippen LogP contribution in [0.5, 0.6) is 0 Å². The Morgan fingerprint density at radius 2 is 2.12 bits per heavy atom. The molecule has 88 valence electrons. The molecule has 0 bridgehead atoms. The van der Waals surface area contributed by atoms with Crippen LogP contribution in [0.25, 0.3) is 0 Å². The molecule has 0 aromatic heterocycles. The van der Waals surface area contributed by atoms with Gasteiger partial charge in [0.2, 0.25) is 5.91 Å². The number of rotatable bonds is 3. The van der Waals surface area contributed by atoms with Crippen LogP contribution in [0.3, 0.4) is 0 Å². The third-order valence-corrected chi connectivity index (χ3v) is 2.62. The molecule has 0 aromatic carbocycles. The van der Waals surface area contributed by atoms with Gasteiger partial charge in [-0.1, -0.05) is 0 Å². The molecule has 1 aliphatic rings. The highest BCUT2D eigenvalue weighted by atomic mass is 16.5. The summed E-state index contributed by atoms with van der Waals surface area (Å²) in [6.45, 7) is 0.567. The van der Waals surface area contributed by atoms with E-state index in [1.807, 2.05) is 6.07 Å². The number of hydrogen-bond acceptors (Lipinski definition) is 5. The molecule has 6 nitrogen and oxygen atoms in total.